The van der Waals surface area contributed by atoms with E-state index in [2.05, 4.69) is 20.4 Å². The largest absolute Gasteiger partial charge is 0.494 e. The molecule has 0 spiro atoms. The molecule has 2 aromatic rings. The van der Waals surface area contributed by atoms with E-state index in [9.17, 15) is 4.39 Å². The Labute approximate surface area is 128 Å². The minimum Gasteiger partial charge on any atom is -0.494 e. The van der Waals surface area contributed by atoms with E-state index in [1.54, 1.807) is 12.1 Å². The van der Waals surface area contributed by atoms with Gasteiger partial charge in [-0.1, -0.05) is 5.16 Å². The lowest BCUT2D eigenvalue weighted by atomic mass is 10.2. The molecule has 0 saturated carbocycles. The van der Waals surface area contributed by atoms with Crippen molar-refractivity contribution in [2.24, 2.45) is 0 Å². The van der Waals surface area contributed by atoms with Gasteiger partial charge in [-0.2, -0.15) is 4.98 Å². The lowest BCUT2D eigenvalue weighted by Crippen LogP contribution is -2.27. The topological polar surface area (TPSA) is 63.4 Å². The van der Waals surface area contributed by atoms with E-state index in [4.69, 9.17) is 9.26 Å². The van der Waals surface area contributed by atoms with Crippen molar-refractivity contribution in [3.05, 3.63) is 29.9 Å². The van der Waals surface area contributed by atoms with Crippen molar-refractivity contribution in [3.8, 4) is 17.1 Å². The minimum absolute atomic E-state index is 0.199. The average Bonchev–Trinajstić information content (AvgIpc) is 2.83. The first-order valence-corrected chi connectivity index (χ1v) is 7.36. The van der Waals surface area contributed by atoms with Crippen LogP contribution in [-0.4, -0.2) is 48.3 Å². The molecule has 1 fully saturated rings. The van der Waals surface area contributed by atoms with E-state index < -0.39 is 5.82 Å². The summed E-state index contributed by atoms with van der Waals surface area (Å²) in [5.74, 6) is 0.701. The number of hydrogen-bond donors (Lipinski definition) is 1. The second kappa shape index (κ2) is 6.85. The minimum atomic E-state index is -0.440. The van der Waals surface area contributed by atoms with Gasteiger partial charge in [0.2, 0.25) is 11.7 Å². The Morgan fingerprint density at radius 2 is 2.27 bits per heavy atom. The number of hydrogen-bond acceptors (Lipinski definition) is 6. The molecule has 1 aromatic heterocycles. The third kappa shape index (κ3) is 3.42. The molecule has 3 rings (SSSR count). The van der Waals surface area contributed by atoms with Crippen molar-refractivity contribution in [3.63, 3.8) is 0 Å². The fourth-order valence-electron chi connectivity index (χ4n) is 2.49. The number of methoxy groups -OCH3 is 1. The molecule has 2 heterocycles. The van der Waals surface area contributed by atoms with Gasteiger partial charge in [-0.3, -0.25) is 4.90 Å². The molecule has 0 bridgehead atoms. The van der Waals surface area contributed by atoms with Gasteiger partial charge in [-0.05, 0) is 37.7 Å². The van der Waals surface area contributed by atoms with Crippen LogP contribution >= 0.6 is 0 Å². The third-order valence-electron chi connectivity index (χ3n) is 3.67. The SMILES string of the molecule is COc1ccc(-c2noc(CN3CCCNCC3)n2)cc1F. The Hall–Kier alpha value is -1.99. The first kappa shape index (κ1) is 14.9. The molecule has 118 valence electrons. The van der Waals surface area contributed by atoms with E-state index in [1.165, 1.54) is 13.2 Å². The fourth-order valence-corrected chi connectivity index (χ4v) is 2.49. The summed E-state index contributed by atoms with van der Waals surface area (Å²) in [5.41, 5.74) is 0.575. The highest BCUT2D eigenvalue weighted by Crippen LogP contribution is 2.23. The summed E-state index contributed by atoms with van der Waals surface area (Å²) in [6, 6.07) is 4.62. The zero-order valence-corrected chi connectivity index (χ0v) is 12.5. The Morgan fingerprint density at radius 3 is 3.09 bits per heavy atom. The van der Waals surface area contributed by atoms with E-state index in [0.29, 0.717) is 23.8 Å². The Morgan fingerprint density at radius 1 is 1.36 bits per heavy atom. The molecule has 0 unspecified atom stereocenters. The fraction of sp³-hybridized carbons (Fsp3) is 0.467. The van der Waals surface area contributed by atoms with Crippen LogP contribution in [0.15, 0.2) is 22.7 Å². The molecule has 0 radical (unpaired) electrons. The zero-order valence-electron chi connectivity index (χ0n) is 12.5. The molecule has 22 heavy (non-hydrogen) atoms. The van der Waals surface area contributed by atoms with Crippen LogP contribution in [-0.2, 0) is 6.54 Å². The first-order chi connectivity index (χ1) is 10.8. The van der Waals surface area contributed by atoms with Gasteiger partial charge in [-0.15, -0.1) is 0 Å². The summed E-state index contributed by atoms with van der Waals surface area (Å²) < 4.78 is 23.9. The summed E-state index contributed by atoms with van der Waals surface area (Å²) >= 11 is 0. The highest BCUT2D eigenvalue weighted by atomic mass is 19.1. The van der Waals surface area contributed by atoms with Crippen LogP contribution in [0.1, 0.15) is 12.3 Å². The molecule has 1 N–H and O–H groups in total. The number of rotatable bonds is 4. The lowest BCUT2D eigenvalue weighted by Gasteiger charge is -2.16. The lowest BCUT2D eigenvalue weighted by molar-refractivity contribution is 0.239. The molecular formula is C15H19FN4O2. The molecule has 1 saturated heterocycles. The van der Waals surface area contributed by atoms with Gasteiger partial charge in [0.15, 0.2) is 11.6 Å². The van der Waals surface area contributed by atoms with Gasteiger partial charge in [-0.25, -0.2) is 4.39 Å². The second-order valence-electron chi connectivity index (χ2n) is 5.24. The smallest absolute Gasteiger partial charge is 0.241 e. The summed E-state index contributed by atoms with van der Waals surface area (Å²) in [4.78, 5) is 6.62. The van der Waals surface area contributed by atoms with Crippen molar-refractivity contribution in [2.75, 3.05) is 33.3 Å². The monoisotopic (exact) mass is 306 g/mol. The van der Waals surface area contributed by atoms with Crippen LogP contribution in [0, 0.1) is 5.82 Å². The van der Waals surface area contributed by atoms with Gasteiger partial charge < -0.3 is 14.6 Å². The van der Waals surface area contributed by atoms with Crippen molar-refractivity contribution < 1.29 is 13.7 Å². The van der Waals surface area contributed by atoms with Gasteiger partial charge in [0.1, 0.15) is 0 Å². The number of halogens is 1. The molecular weight excluding hydrogens is 287 g/mol. The molecule has 0 aliphatic carbocycles. The van der Waals surface area contributed by atoms with Crippen LogP contribution < -0.4 is 10.1 Å². The maximum atomic E-state index is 13.7. The molecule has 1 aliphatic heterocycles. The predicted octanol–water partition coefficient (Wildman–Crippen LogP) is 1.68. The van der Waals surface area contributed by atoms with Crippen LogP contribution in [0.2, 0.25) is 0 Å². The summed E-state index contributed by atoms with van der Waals surface area (Å²) in [7, 11) is 1.43. The molecule has 1 aromatic carbocycles. The van der Waals surface area contributed by atoms with E-state index in [1.807, 2.05) is 0 Å². The number of benzene rings is 1. The van der Waals surface area contributed by atoms with Gasteiger partial charge in [0.05, 0.1) is 13.7 Å². The first-order valence-electron chi connectivity index (χ1n) is 7.36. The van der Waals surface area contributed by atoms with E-state index >= 15 is 0 Å². The molecule has 7 heteroatoms. The van der Waals surface area contributed by atoms with Crippen LogP contribution in [0.25, 0.3) is 11.4 Å². The van der Waals surface area contributed by atoms with Gasteiger partial charge in [0.25, 0.3) is 0 Å². The van der Waals surface area contributed by atoms with Crippen LogP contribution in [0.3, 0.4) is 0 Å². The zero-order chi connectivity index (χ0) is 15.4. The van der Waals surface area contributed by atoms with Crippen molar-refractivity contribution in [1.29, 1.82) is 0 Å². The Kier molecular flexibility index (Phi) is 4.65. The summed E-state index contributed by atoms with van der Waals surface area (Å²) in [6.45, 7) is 4.57. The van der Waals surface area contributed by atoms with E-state index in [-0.39, 0.29) is 5.75 Å². The van der Waals surface area contributed by atoms with Gasteiger partial charge in [0, 0.05) is 18.7 Å². The summed E-state index contributed by atoms with van der Waals surface area (Å²) in [6.07, 6.45) is 1.10. The number of ether oxygens (including phenoxy) is 1. The van der Waals surface area contributed by atoms with Crippen molar-refractivity contribution in [2.45, 2.75) is 13.0 Å². The number of nitrogens with one attached hydrogen (secondary N) is 1. The predicted molar refractivity (Wildman–Crippen MR) is 79.0 cm³/mol. The Bertz CT molecular complexity index is 624. The van der Waals surface area contributed by atoms with Crippen molar-refractivity contribution in [1.82, 2.24) is 20.4 Å². The number of nitrogens with zero attached hydrogens (tertiary/aromatic N) is 3. The molecule has 1 aliphatic rings. The second-order valence-corrected chi connectivity index (χ2v) is 5.24. The average molecular weight is 306 g/mol. The van der Waals surface area contributed by atoms with Crippen LogP contribution in [0.4, 0.5) is 4.39 Å². The highest BCUT2D eigenvalue weighted by molar-refractivity contribution is 5.56. The number of aromatic nitrogens is 2. The maximum Gasteiger partial charge on any atom is 0.241 e. The Balaban J connectivity index is 1.71. The van der Waals surface area contributed by atoms with Crippen molar-refractivity contribution >= 4 is 0 Å². The molecule has 0 atom stereocenters. The quantitative estimate of drug-likeness (QED) is 0.927. The molecule has 6 nitrogen and oxygen atoms in total. The normalized spacial score (nSPS) is 16.5. The maximum absolute atomic E-state index is 13.7. The standard InChI is InChI=1S/C15H19FN4O2/c1-21-13-4-3-11(9-12(13)16)15-18-14(22-19-15)10-20-7-2-5-17-6-8-20/h3-4,9,17H,2,5-8,10H2,1H3. The van der Waals surface area contributed by atoms with Gasteiger partial charge >= 0.3 is 0 Å². The van der Waals surface area contributed by atoms with Crippen LogP contribution in [0.5, 0.6) is 5.75 Å². The van der Waals surface area contributed by atoms with E-state index in [0.717, 1.165) is 32.6 Å². The third-order valence-corrected chi connectivity index (χ3v) is 3.67. The highest BCUT2D eigenvalue weighted by Gasteiger charge is 2.15. The summed E-state index contributed by atoms with van der Waals surface area (Å²) in [5, 5.41) is 7.29. The molecule has 0 amide bonds.